The van der Waals surface area contributed by atoms with Gasteiger partial charge in [-0.2, -0.15) is 25.5 Å². The van der Waals surface area contributed by atoms with Crippen molar-refractivity contribution < 1.29 is 4.52 Å². The molecule has 0 bridgehead atoms. The standard InChI is InChI=1S/2C6H10N2.C6H6.C5H9N3.C5H5N.3C4H4N2.8C4H10.C3H3N3.C3H4N2.C3H3NO.11C2H6/c1-5(2)6-3-7-4-8-6;1-6(2)8-5-3-4-7-8;1-2-4-6-5-3-1;1-4(2)5-6-3-7-8-5;1-2-4-6-5-3-1;1-2-6-4-3-5-1;1-2-5-4-6-3-1;1-2-4-6-5-3-1;8*1-4(2)3;1-2-5-6-3-4-1;1-2-5-3-4-1;1-2-4-5-3-1;11*1-2/h3,5H,4H2,1-2H3;3-6H,1-2H3;1-6H;3-4H,1-2H3,(H,6,7,8);1-5H;3*1-4H;8*4H,1-3H3;1-3H;1-3H,(H,4,5);1-3H;11*1-2H3. The van der Waals surface area contributed by atoms with Gasteiger partial charge >= 0.3 is 0 Å². The second-order valence-electron chi connectivity index (χ2n) is 27.3. The van der Waals surface area contributed by atoms with Crippen molar-refractivity contribution in [2.24, 2.45) is 63.2 Å². The normalized spacial score (nSPS) is 8.30. The molecule has 11 rings (SSSR count). The Morgan fingerprint density at radius 2 is 0.629 bits per heavy atom. The molecule has 0 spiro atoms. The topological polar surface area (TPSA) is 268 Å². The van der Waals surface area contributed by atoms with Crippen molar-refractivity contribution in [2.45, 2.75) is 372 Å². The molecule has 21 nitrogen and oxygen atoms in total. The molecule has 1 aliphatic heterocycles. The largest absolute Gasteiger partial charge is 0.365 e. The minimum atomic E-state index is 0.456. The van der Waals surface area contributed by atoms with Gasteiger partial charge in [0.1, 0.15) is 37.7 Å². The third kappa shape index (κ3) is 289. The third-order valence-electron chi connectivity index (χ3n) is 7.01. The van der Waals surface area contributed by atoms with Crippen LogP contribution >= 0.6 is 0 Å². The van der Waals surface area contributed by atoms with E-state index in [0.717, 1.165) is 58.9 Å². The molecule has 0 amide bonds. The molecule has 1 aromatic carbocycles. The number of aromatic nitrogens is 18. The van der Waals surface area contributed by atoms with E-state index in [1.807, 2.05) is 242 Å². The Bertz CT molecular complexity index is 2260. The quantitative estimate of drug-likeness (QED) is 0.166. The molecule has 124 heavy (non-hydrogen) atoms. The van der Waals surface area contributed by atoms with E-state index in [-0.39, 0.29) is 0 Å². The van der Waals surface area contributed by atoms with Crippen LogP contribution in [0.1, 0.15) is 378 Å². The van der Waals surface area contributed by atoms with Crippen molar-refractivity contribution in [3.63, 3.8) is 0 Å². The number of aliphatic imine (C=N–C) groups is 2. The van der Waals surface area contributed by atoms with Gasteiger partial charge < -0.3 is 9.51 Å². The highest BCUT2D eigenvalue weighted by atomic mass is 16.5. The average molecular weight is 1740 g/mol. The number of hydrogen-bond acceptors (Lipinski definition) is 18. The summed E-state index contributed by atoms with van der Waals surface area (Å²) in [5.74, 6) is 8.61. The third-order valence-corrected chi connectivity index (χ3v) is 7.01. The van der Waals surface area contributed by atoms with Crippen molar-refractivity contribution in [1.82, 2.24) is 90.4 Å². The van der Waals surface area contributed by atoms with Crippen molar-refractivity contribution in [3.8, 4) is 0 Å². The minimum absolute atomic E-state index is 0.456. The van der Waals surface area contributed by atoms with Crippen LogP contribution in [0.2, 0.25) is 0 Å². The summed E-state index contributed by atoms with van der Waals surface area (Å²) >= 11 is 0. The van der Waals surface area contributed by atoms with Crippen molar-refractivity contribution in [2.75, 3.05) is 6.67 Å². The fourth-order valence-corrected chi connectivity index (χ4v) is 3.76. The summed E-state index contributed by atoms with van der Waals surface area (Å²) in [4.78, 5) is 40.6. The predicted molar refractivity (Wildman–Crippen MR) is 559 cm³/mol. The zero-order valence-corrected chi connectivity index (χ0v) is 90.9. The second-order valence-corrected chi connectivity index (χ2v) is 27.3. The molecule has 2 N–H and O–H groups in total. The van der Waals surface area contributed by atoms with Crippen LogP contribution in [-0.4, -0.2) is 109 Å². The first-order chi connectivity index (χ1) is 59.3. The van der Waals surface area contributed by atoms with Gasteiger partial charge in [-0.25, -0.2) is 24.9 Å². The number of nitrogens with zero attached hydrogens (tertiary/aromatic N) is 18. The van der Waals surface area contributed by atoms with Crippen LogP contribution in [0.15, 0.2) is 236 Å². The van der Waals surface area contributed by atoms with Gasteiger partial charge in [0.25, 0.3) is 0 Å². The highest BCUT2D eigenvalue weighted by Crippen LogP contribution is 2.04. The van der Waals surface area contributed by atoms with Crippen molar-refractivity contribution in [1.29, 1.82) is 0 Å². The lowest BCUT2D eigenvalue weighted by molar-refractivity contribution is 0.420. The fourth-order valence-electron chi connectivity index (χ4n) is 3.76. The van der Waals surface area contributed by atoms with Gasteiger partial charge in [0.15, 0.2) is 0 Å². The summed E-state index contributed by atoms with van der Waals surface area (Å²) in [5, 5.41) is 27.8. The van der Waals surface area contributed by atoms with Gasteiger partial charge in [-0.15, -0.1) is 5.10 Å². The predicted octanol–water partition coefficient (Wildman–Crippen LogP) is 33.3. The number of benzene rings is 1. The summed E-state index contributed by atoms with van der Waals surface area (Å²) < 4.78 is 6.25. The van der Waals surface area contributed by atoms with Crippen LogP contribution in [0.5, 0.6) is 0 Å². The van der Waals surface area contributed by atoms with Crippen LogP contribution < -0.4 is 0 Å². The first-order valence-electron chi connectivity index (χ1n) is 46.5. The zero-order valence-electron chi connectivity index (χ0n) is 90.9. The van der Waals surface area contributed by atoms with Gasteiger partial charge in [0, 0.05) is 111 Å². The lowest BCUT2D eigenvalue weighted by atomic mass is 10.1. The Hall–Kier alpha value is -9.27. The zero-order chi connectivity index (χ0) is 101. The van der Waals surface area contributed by atoms with Gasteiger partial charge in [-0.3, -0.25) is 34.7 Å². The average Bonchev–Trinajstić information content (AvgIpc) is 1.84. The first kappa shape index (κ1) is 162. The Morgan fingerprint density at radius 1 is 0.298 bits per heavy atom. The number of pyridine rings is 1. The maximum absolute atomic E-state index is 4.33. The highest BCUT2D eigenvalue weighted by molar-refractivity contribution is 6.32. The Kier molecular flexibility index (Phi) is 229. The van der Waals surface area contributed by atoms with Crippen LogP contribution in [0.4, 0.5) is 0 Å². The van der Waals surface area contributed by atoms with E-state index < -0.39 is 0 Å². The maximum atomic E-state index is 4.33. The van der Waals surface area contributed by atoms with Crippen LogP contribution in [-0.2, 0) is 0 Å². The molecular formula is C103H208N20O. The minimum Gasteiger partial charge on any atom is -0.365 e. The molecule has 0 unspecified atom stereocenters. The first-order valence-corrected chi connectivity index (χ1v) is 46.5. The molecule has 1 aliphatic rings. The molecule has 9 aromatic heterocycles. The number of aromatic amines is 2. The van der Waals surface area contributed by atoms with E-state index in [2.05, 4.69) is 308 Å². The highest BCUT2D eigenvalue weighted by Gasteiger charge is 2.03. The molecular weight excluding hydrogens is 1530 g/mol. The van der Waals surface area contributed by atoms with E-state index in [9.17, 15) is 0 Å². The molecule has 21 heteroatoms. The number of imidazole rings is 1. The van der Waals surface area contributed by atoms with Gasteiger partial charge in [0.05, 0.1) is 24.4 Å². The lowest BCUT2D eigenvalue weighted by Crippen LogP contribution is -2.05. The molecule has 0 saturated carbocycles. The van der Waals surface area contributed by atoms with E-state index in [1.54, 1.807) is 111 Å². The van der Waals surface area contributed by atoms with E-state index in [0.29, 0.717) is 24.5 Å². The molecule has 0 saturated heterocycles. The van der Waals surface area contributed by atoms with E-state index >= 15 is 0 Å². The smallest absolute Gasteiger partial charge is 0.138 e. The Labute approximate surface area is 772 Å². The van der Waals surface area contributed by atoms with Crippen LogP contribution in [0.25, 0.3) is 0 Å². The summed E-state index contributed by atoms with van der Waals surface area (Å²) in [6, 6.07) is 27.3. The van der Waals surface area contributed by atoms with Gasteiger partial charge in [-0.1, -0.05) is 394 Å². The molecule has 0 atom stereocenters. The Morgan fingerprint density at radius 3 is 0.742 bits per heavy atom. The van der Waals surface area contributed by atoms with Gasteiger partial charge in [-0.05, 0) is 110 Å². The summed E-state index contributed by atoms with van der Waals surface area (Å²) in [7, 11) is 0. The van der Waals surface area contributed by atoms with Crippen molar-refractivity contribution >= 4 is 11.9 Å². The summed E-state index contributed by atoms with van der Waals surface area (Å²) in [6.07, 6.45) is 38.0. The molecule has 10 aromatic rings. The molecule has 726 valence electrons. The van der Waals surface area contributed by atoms with E-state index in [4.69, 9.17) is 0 Å². The second kappa shape index (κ2) is 176. The fraction of sp³-hybridized carbons (Fsp3) is 0.621. The maximum Gasteiger partial charge on any atom is 0.138 e. The summed E-state index contributed by atoms with van der Waals surface area (Å²) in [5.41, 5.74) is 1.13. The molecule has 0 aliphatic carbocycles. The number of rotatable bonds is 3. The number of H-pyrrole nitrogens is 2. The lowest BCUT2D eigenvalue weighted by Gasteiger charge is -2.01. The molecule has 0 fully saturated rings. The molecule has 10 heterocycles. The monoisotopic (exact) mass is 1740 g/mol. The number of hydrogen-bond donors (Lipinski definition) is 2. The summed E-state index contributed by atoms with van der Waals surface area (Å²) in [6.45, 7) is 109. The van der Waals surface area contributed by atoms with Crippen LogP contribution in [0.3, 0.4) is 0 Å². The molecule has 0 radical (unpaired) electrons. The van der Waals surface area contributed by atoms with Crippen LogP contribution in [0, 0.1) is 53.3 Å². The van der Waals surface area contributed by atoms with Crippen molar-refractivity contribution in [3.05, 3.63) is 228 Å². The van der Waals surface area contributed by atoms with E-state index in [1.165, 1.54) is 31.4 Å². The number of nitrogens with one attached hydrogen (secondary N) is 2. The SMILES string of the molecule is CC.CC.CC.CC.CC.CC.CC.CC.CC.CC.CC.CC(C)C.CC(C)C.CC(C)C.CC(C)C.CC(C)C.CC(C)C.CC(C)C.CC(C)C.CC(C)C1=NCN=C1.CC(C)c1ncn[nH]1.CC(C)n1cccn1.c1c[nH]cn1.c1ccccc1.c1ccncc1.c1ccnnc1.c1cnccn1.c1cncnc1.c1cnncn1.c1cnoc1. The Balaban J connectivity index is -0.0000000547. The van der Waals surface area contributed by atoms with Gasteiger partial charge in [0.2, 0.25) is 0 Å².